The average Bonchev–Trinajstić information content (AvgIpc) is 2.29. The van der Waals surface area contributed by atoms with Crippen LogP contribution in [-0.2, 0) is 6.42 Å². The molecular formula is C14H17ClN2. The van der Waals surface area contributed by atoms with Crippen LogP contribution in [0.1, 0.15) is 18.2 Å². The van der Waals surface area contributed by atoms with Crippen LogP contribution in [0.5, 0.6) is 0 Å². The van der Waals surface area contributed by atoms with Gasteiger partial charge in [-0.3, -0.25) is 4.98 Å². The SMILES string of the molecule is Cc1cc(CC(C)CN)c2cc(Cl)ccc2n1. The van der Waals surface area contributed by atoms with Gasteiger partial charge in [-0.05, 0) is 55.6 Å². The van der Waals surface area contributed by atoms with Gasteiger partial charge >= 0.3 is 0 Å². The summed E-state index contributed by atoms with van der Waals surface area (Å²) in [4.78, 5) is 4.52. The van der Waals surface area contributed by atoms with Gasteiger partial charge < -0.3 is 5.73 Å². The zero-order valence-electron chi connectivity index (χ0n) is 10.2. The molecule has 2 aromatic rings. The lowest BCUT2D eigenvalue weighted by Crippen LogP contribution is -2.13. The predicted octanol–water partition coefficient (Wildman–Crippen LogP) is 3.33. The van der Waals surface area contributed by atoms with E-state index in [0.717, 1.165) is 28.0 Å². The van der Waals surface area contributed by atoms with E-state index in [4.69, 9.17) is 17.3 Å². The topological polar surface area (TPSA) is 38.9 Å². The maximum Gasteiger partial charge on any atom is 0.0708 e. The van der Waals surface area contributed by atoms with Crippen molar-refractivity contribution < 1.29 is 0 Å². The van der Waals surface area contributed by atoms with Gasteiger partial charge in [0.05, 0.1) is 5.52 Å². The largest absolute Gasteiger partial charge is 0.330 e. The van der Waals surface area contributed by atoms with Crippen LogP contribution in [-0.4, -0.2) is 11.5 Å². The Hall–Kier alpha value is -1.12. The second-order valence-corrected chi connectivity index (χ2v) is 5.07. The normalized spacial score (nSPS) is 12.9. The highest BCUT2D eigenvalue weighted by atomic mass is 35.5. The number of pyridine rings is 1. The fraction of sp³-hybridized carbons (Fsp3) is 0.357. The number of rotatable bonds is 3. The number of nitrogens with two attached hydrogens (primary N) is 1. The maximum absolute atomic E-state index is 6.05. The lowest BCUT2D eigenvalue weighted by molar-refractivity contribution is 0.595. The number of halogens is 1. The summed E-state index contributed by atoms with van der Waals surface area (Å²) in [6, 6.07) is 7.97. The smallest absolute Gasteiger partial charge is 0.0708 e. The van der Waals surface area contributed by atoms with Crippen molar-refractivity contribution in [2.45, 2.75) is 20.3 Å². The molecule has 2 rings (SSSR count). The number of nitrogens with zero attached hydrogens (tertiary/aromatic N) is 1. The number of hydrogen-bond acceptors (Lipinski definition) is 2. The van der Waals surface area contributed by atoms with Crippen LogP contribution in [0.2, 0.25) is 5.02 Å². The molecule has 1 aromatic heterocycles. The van der Waals surface area contributed by atoms with Crippen LogP contribution in [0.15, 0.2) is 24.3 Å². The first kappa shape index (κ1) is 12.3. The zero-order valence-corrected chi connectivity index (χ0v) is 11.0. The highest BCUT2D eigenvalue weighted by Gasteiger charge is 2.08. The summed E-state index contributed by atoms with van der Waals surface area (Å²) in [6.07, 6.45) is 0.969. The summed E-state index contributed by atoms with van der Waals surface area (Å²) < 4.78 is 0. The van der Waals surface area contributed by atoms with E-state index in [1.807, 2.05) is 25.1 Å². The van der Waals surface area contributed by atoms with Crippen molar-refractivity contribution in [1.82, 2.24) is 4.98 Å². The first-order chi connectivity index (χ1) is 8.10. The highest BCUT2D eigenvalue weighted by molar-refractivity contribution is 6.31. The predicted molar refractivity (Wildman–Crippen MR) is 73.4 cm³/mol. The fourth-order valence-electron chi connectivity index (χ4n) is 2.04. The van der Waals surface area contributed by atoms with Gasteiger partial charge in [-0.1, -0.05) is 18.5 Å². The molecule has 3 heteroatoms. The molecule has 0 radical (unpaired) electrons. The summed E-state index contributed by atoms with van der Waals surface area (Å²) in [6.45, 7) is 4.88. The monoisotopic (exact) mass is 248 g/mol. The Morgan fingerprint density at radius 1 is 1.35 bits per heavy atom. The Bertz CT molecular complexity index is 537. The van der Waals surface area contributed by atoms with E-state index in [2.05, 4.69) is 18.0 Å². The van der Waals surface area contributed by atoms with E-state index in [9.17, 15) is 0 Å². The van der Waals surface area contributed by atoms with E-state index >= 15 is 0 Å². The Morgan fingerprint density at radius 3 is 2.82 bits per heavy atom. The molecule has 0 saturated heterocycles. The molecule has 1 heterocycles. The van der Waals surface area contributed by atoms with Crippen LogP contribution in [0, 0.1) is 12.8 Å². The fourth-order valence-corrected chi connectivity index (χ4v) is 2.21. The quantitative estimate of drug-likeness (QED) is 0.905. The van der Waals surface area contributed by atoms with Crippen molar-refractivity contribution in [3.63, 3.8) is 0 Å². The van der Waals surface area contributed by atoms with Gasteiger partial charge in [-0.25, -0.2) is 0 Å². The Balaban J connectivity index is 2.55. The minimum atomic E-state index is 0.471. The van der Waals surface area contributed by atoms with Gasteiger partial charge in [0.25, 0.3) is 0 Å². The summed E-state index contributed by atoms with van der Waals surface area (Å²) in [5, 5.41) is 1.90. The van der Waals surface area contributed by atoms with E-state index in [1.54, 1.807) is 0 Å². The molecule has 1 aromatic carbocycles. The van der Waals surface area contributed by atoms with E-state index in [0.29, 0.717) is 12.5 Å². The number of aromatic nitrogens is 1. The van der Waals surface area contributed by atoms with Gasteiger partial charge in [-0.2, -0.15) is 0 Å². The Kier molecular flexibility index (Phi) is 3.65. The van der Waals surface area contributed by atoms with Gasteiger partial charge in [0.1, 0.15) is 0 Å². The molecule has 90 valence electrons. The molecule has 1 unspecified atom stereocenters. The molecular weight excluding hydrogens is 232 g/mol. The summed E-state index contributed by atoms with van der Waals surface area (Å²) in [7, 11) is 0. The van der Waals surface area contributed by atoms with Crippen LogP contribution < -0.4 is 5.73 Å². The molecule has 0 fully saturated rings. The lowest BCUT2D eigenvalue weighted by atomic mass is 9.97. The van der Waals surface area contributed by atoms with Crippen LogP contribution in [0.25, 0.3) is 10.9 Å². The summed E-state index contributed by atoms with van der Waals surface area (Å²) in [5.41, 5.74) is 9.02. The number of hydrogen-bond donors (Lipinski definition) is 1. The molecule has 1 atom stereocenters. The first-order valence-corrected chi connectivity index (χ1v) is 6.24. The standard InChI is InChI=1S/C14H17ClN2/c1-9(8-16)5-11-6-10(2)17-14-4-3-12(15)7-13(11)14/h3-4,6-7,9H,5,8,16H2,1-2H3. The second-order valence-electron chi connectivity index (χ2n) is 4.63. The van der Waals surface area contributed by atoms with E-state index in [1.165, 1.54) is 5.56 Å². The average molecular weight is 249 g/mol. The molecule has 2 N–H and O–H groups in total. The molecule has 0 amide bonds. The van der Waals surface area contributed by atoms with Crippen molar-refractivity contribution in [2.24, 2.45) is 11.7 Å². The van der Waals surface area contributed by atoms with Crippen molar-refractivity contribution in [3.8, 4) is 0 Å². The minimum Gasteiger partial charge on any atom is -0.330 e. The number of benzene rings is 1. The van der Waals surface area contributed by atoms with Crippen LogP contribution in [0.3, 0.4) is 0 Å². The number of aryl methyl sites for hydroxylation is 1. The molecule has 17 heavy (non-hydrogen) atoms. The third-order valence-corrected chi connectivity index (χ3v) is 3.19. The first-order valence-electron chi connectivity index (χ1n) is 5.86. The van der Waals surface area contributed by atoms with Gasteiger partial charge in [0, 0.05) is 16.1 Å². The minimum absolute atomic E-state index is 0.471. The van der Waals surface area contributed by atoms with Crippen LogP contribution in [0.4, 0.5) is 0 Å². The third-order valence-electron chi connectivity index (χ3n) is 2.96. The van der Waals surface area contributed by atoms with Crippen molar-refractivity contribution in [3.05, 3.63) is 40.5 Å². The molecule has 0 aliphatic rings. The Labute approximate surface area is 107 Å². The van der Waals surface area contributed by atoms with Crippen molar-refractivity contribution >= 4 is 22.5 Å². The molecule has 0 bridgehead atoms. The lowest BCUT2D eigenvalue weighted by Gasteiger charge is -2.12. The van der Waals surface area contributed by atoms with Gasteiger partial charge in [0.2, 0.25) is 0 Å². The highest BCUT2D eigenvalue weighted by Crippen LogP contribution is 2.24. The van der Waals surface area contributed by atoms with Crippen molar-refractivity contribution in [1.29, 1.82) is 0 Å². The second kappa shape index (κ2) is 5.03. The number of fused-ring (bicyclic) bond motifs is 1. The molecule has 0 spiro atoms. The van der Waals surface area contributed by atoms with E-state index < -0.39 is 0 Å². The molecule has 2 nitrogen and oxygen atoms in total. The van der Waals surface area contributed by atoms with Crippen LogP contribution >= 0.6 is 11.6 Å². The van der Waals surface area contributed by atoms with Gasteiger partial charge in [0.15, 0.2) is 0 Å². The summed E-state index contributed by atoms with van der Waals surface area (Å²) in [5.74, 6) is 0.471. The third kappa shape index (κ3) is 2.76. The Morgan fingerprint density at radius 2 is 2.12 bits per heavy atom. The van der Waals surface area contributed by atoms with Gasteiger partial charge in [-0.15, -0.1) is 0 Å². The van der Waals surface area contributed by atoms with E-state index in [-0.39, 0.29) is 0 Å². The van der Waals surface area contributed by atoms with Crippen molar-refractivity contribution in [2.75, 3.05) is 6.54 Å². The summed E-state index contributed by atoms with van der Waals surface area (Å²) >= 11 is 6.05. The molecule has 0 aliphatic carbocycles. The maximum atomic E-state index is 6.05. The molecule has 0 aliphatic heterocycles. The molecule has 0 saturated carbocycles. The zero-order chi connectivity index (χ0) is 12.4.